The van der Waals surface area contributed by atoms with E-state index in [2.05, 4.69) is 0 Å². The van der Waals surface area contributed by atoms with Gasteiger partial charge in [0.2, 0.25) is 0 Å². The van der Waals surface area contributed by atoms with Gasteiger partial charge in [-0.2, -0.15) is 13.2 Å². The molecule has 0 radical (unpaired) electrons. The second kappa shape index (κ2) is 9.64. The maximum Gasteiger partial charge on any atom is 0.434 e. The van der Waals surface area contributed by atoms with Gasteiger partial charge in [-0.15, -0.1) is 24.8 Å². The lowest BCUT2D eigenvalue weighted by Crippen LogP contribution is -2.40. The lowest BCUT2D eigenvalue weighted by atomic mass is 9.75. The third-order valence-electron chi connectivity index (χ3n) is 4.14. The number of hydrogen-bond acceptors (Lipinski definition) is 6. The number of dihydropyridines is 1. The van der Waals surface area contributed by atoms with Crippen LogP contribution in [0.4, 0.5) is 13.2 Å². The molecule has 0 spiro atoms. The monoisotopic (exact) mass is 458 g/mol. The predicted molar refractivity (Wildman–Crippen MR) is 98.5 cm³/mol. The van der Waals surface area contributed by atoms with Crippen molar-refractivity contribution < 1.29 is 37.5 Å². The molecule has 2 unspecified atom stereocenters. The Morgan fingerprint density at radius 2 is 1.97 bits per heavy atom. The van der Waals surface area contributed by atoms with E-state index in [0.717, 1.165) is 20.1 Å². The highest BCUT2D eigenvalue weighted by Gasteiger charge is 2.49. The number of rotatable bonds is 4. The standard InChI is InChI=1S/C16H13F3N2O6.2ClH/c1-7-11(15(23)24)12(13(27-2)14(20-7)16(17,18)19)8-4-3-5-10(21(25)26)9(8)6-22;;/h3-5,8,12,20H,1-2H3,(H,23,24);2*1H. The van der Waals surface area contributed by atoms with Crippen LogP contribution in [0.25, 0.3) is 0 Å². The molecule has 0 saturated carbocycles. The van der Waals surface area contributed by atoms with Crippen LogP contribution in [0.15, 0.2) is 52.2 Å². The summed E-state index contributed by atoms with van der Waals surface area (Å²) in [5.41, 5.74) is -3.42. The molecule has 1 heterocycles. The van der Waals surface area contributed by atoms with Crippen LogP contribution in [-0.4, -0.2) is 35.2 Å². The van der Waals surface area contributed by atoms with Gasteiger partial charge in [0.25, 0.3) is 5.70 Å². The summed E-state index contributed by atoms with van der Waals surface area (Å²) in [6, 6.07) is 0. The fraction of sp³-hybridized carbons (Fsp3) is 0.312. The van der Waals surface area contributed by atoms with Crippen molar-refractivity contribution in [2.24, 2.45) is 11.8 Å². The number of nitrogens with one attached hydrogen (secondary N) is 1. The van der Waals surface area contributed by atoms with Crippen molar-refractivity contribution in [3.63, 3.8) is 0 Å². The van der Waals surface area contributed by atoms with Crippen molar-refractivity contribution in [1.29, 1.82) is 0 Å². The van der Waals surface area contributed by atoms with Crippen molar-refractivity contribution in [3.05, 3.63) is 62.3 Å². The highest BCUT2D eigenvalue weighted by Crippen LogP contribution is 2.44. The molecule has 0 aromatic carbocycles. The molecule has 0 aromatic heterocycles. The van der Waals surface area contributed by atoms with Gasteiger partial charge in [0.1, 0.15) is 17.3 Å². The average Bonchev–Trinajstić information content (AvgIpc) is 2.58. The van der Waals surface area contributed by atoms with Crippen LogP contribution < -0.4 is 5.32 Å². The topological polar surface area (TPSA) is 119 Å². The average molecular weight is 459 g/mol. The summed E-state index contributed by atoms with van der Waals surface area (Å²) < 4.78 is 45.1. The van der Waals surface area contributed by atoms with Crippen LogP contribution in [0.2, 0.25) is 0 Å². The molecule has 1 aliphatic carbocycles. The van der Waals surface area contributed by atoms with Crippen LogP contribution in [0.3, 0.4) is 0 Å². The van der Waals surface area contributed by atoms with E-state index < -0.39 is 57.2 Å². The number of ether oxygens (including phenoxy) is 1. The zero-order valence-corrected chi connectivity index (χ0v) is 16.4. The summed E-state index contributed by atoms with van der Waals surface area (Å²) in [5, 5.41) is 22.6. The van der Waals surface area contributed by atoms with Gasteiger partial charge in [-0.1, -0.05) is 12.2 Å². The van der Waals surface area contributed by atoms with Gasteiger partial charge < -0.3 is 15.2 Å². The number of nitrogens with zero attached hydrogens (tertiary/aromatic N) is 1. The molecular formula is C16H15Cl2F3N2O6. The molecule has 2 atom stereocenters. The van der Waals surface area contributed by atoms with Crippen molar-refractivity contribution >= 4 is 36.7 Å². The molecule has 13 heteroatoms. The lowest BCUT2D eigenvalue weighted by molar-refractivity contribution is -0.421. The van der Waals surface area contributed by atoms with Crippen LogP contribution in [0.1, 0.15) is 6.92 Å². The van der Waals surface area contributed by atoms with Gasteiger partial charge in [0.05, 0.1) is 23.5 Å². The van der Waals surface area contributed by atoms with Gasteiger partial charge in [-0.25, -0.2) is 9.59 Å². The highest BCUT2D eigenvalue weighted by atomic mass is 35.5. The lowest BCUT2D eigenvalue weighted by Gasteiger charge is -2.34. The minimum Gasteiger partial charge on any atom is -0.498 e. The Hall–Kier alpha value is -2.75. The van der Waals surface area contributed by atoms with E-state index in [1.807, 2.05) is 5.32 Å². The summed E-state index contributed by atoms with van der Waals surface area (Å²) >= 11 is 0. The van der Waals surface area contributed by atoms with E-state index >= 15 is 0 Å². The normalized spacial score (nSPS) is 21.3. The number of aliphatic carboxylic acids is 1. The van der Waals surface area contributed by atoms with Gasteiger partial charge >= 0.3 is 12.1 Å². The molecule has 0 fully saturated rings. The van der Waals surface area contributed by atoms with Crippen LogP contribution in [0.5, 0.6) is 0 Å². The molecular weight excluding hydrogens is 444 g/mol. The van der Waals surface area contributed by atoms with Gasteiger partial charge in [0, 0.05) is 17.7 Å². The molecule has 0 amide bonds. The second-order valence-electron chi connectivity index (χ2n) is 5.62. The minimum atomic E-state index is -4.92. The van der Waals surface area contributed by atoms with Crippen molar-refractivity contribution in [3.8, 4) is 0 Å². The molecule has 0 aromatic rings. The van der Waals surface area contributed by atoms with Gasteiger partial charge in [-0.05, 0) is 6.92 Å². The number of alkyl halides is 3. The number of hydrogen-bond donors (Lipinski definition) is 2. The van der Waals surface area contributed by atoms with E-state index in [-0.39, 0.29) is 30.5 Å². The molecule has 2 N–H and O–H groups in total. The molecule has 29 heavy (non-hydrogen) atoms. The Kier molecular flexibility index (Phi) is 8.72. The Balaban J connectivity index is 0.00000392. The van der Waals surface area contributed by atoms with Crippen LogP contribution in [-0.2, 0) is 14.3 Å². The zero-order valence-electron chi connectivity index (χ0n) is 14.8. The smallest absolute Gasteiger partial charge is 0.434 e. The molecule has 1 aliphatic heterocycles. The van der Waals surface area contributed by atoms with E-state index in [1.165, 1.54) is 18.1 Å². The van der Waals surface area contributed by atoms with Crippen molar-refractivity contribution in [2.75, 3.05) is 7.11 Å². The Labute approximate surface area is 174 Å². The predicted octanol–water partition coefficient (Wildman–Crippen LogP) is 2.93. The fourth-order valence-electron chi connectivity index (χ4n) is 3.09. The Morgan fingerprint density at radius 1 is 1.38 bits per heavy atom. The maximum absolute atomic E-state index is 13.4. The number of carbonyl (C=O) groups excluding carboxylic acids is 1. The first-order chi connectivity index (χ1) is 12.5. The quantitative estimate of drug-likeness (QED) is 0.377. The summed E-state index contributed by atoms with van der Waals surface area (Å²) in [7, 11) is 0.914. The highest BCUT2D eigenvalue weighted by molar-refractivity contribution is 5.90. The van der Waals surface area contributed by atoms with E-state index in [0.29, 0.717) is 0 Å². The van der Waals surface area contributed by atoms with Gasteiger partial charge in [-0.3, -0.25) is 10.1 Å². The molecule has 2 aliphatic rings. The summed E-state index contributed by atoms with van der Waals surface area (Å²) in [5.74, 6) is -4.00. The number of carboxylic acids is 1. The molecule has 0 bridgehead atoms. The van der Waals surface area contributed by atoms with Crippen LogP contribution >= 0.6 is 24.8 Å². The molecule has 8 nitrogen and oxygen atoms in total. The largest absolute Gasteiger partial charge is 0.498 e. The number of allylic oxidation sites excluding steroid dienone is 7. The van der Waals surface area contributed by atoms with E-state index in [1.54, 1.807) is 0 Å². The van der Waals surface area contributed by atoms with Gasteiger partial charge in [0.15, 0.2) is 5.70 Å². The third-order valence-corrected chi connectivity index (χ3v) is 4.14. The first-order valence-corrected chi connectivity index (χ1v) is 7.39. The minimum absolute atomic E-state index is 0. The SMILES string of the molecule is COC1=C(C(F)(F)F)NC(C)=C(C(=O)O)C1C1C=CC=C([N+](=O)[O-])C1=C=O.Cl.Cl. The molecule has 160 valence electrons. The summed E-state index contributed by atoms with van der Waals surface area (Å²) in [6.07, 6.45) is -1.57. The number of methoxy groups -OCH3 is 1. The molecule has 0 saturated heterocycles. The summed E-state index contributed by atoms with van der Waals surface area (Å²) in [6.45, 7) is 1.12. The first-order valence-electron chi connectivity index (χ1n) is 7.39. The summed E-state index contributed by atoms with van der Waals surface area (Å²) in [4.78, 5) is 33.3. The maximum atomic E-state index is 13.4. The Bertz CT molecular complexity index is 886. The number of nitro groups is 1. The number of carboxylic acid groups (broad SMARTS) is 1. The fourth-order valence-corrected chi connectivity index (χ4v) is 3.09. The third kappa shape index (κ3) is 4.81. The first kappa shape index (κ1) is 26.2. The second-order valence-corrected chi connectivity index (χ2v) is 5.62. The van der Waals surface area contributed by atoms with E-state index in [9.17, 15) is 38.0 Å². The zero-order chi connectivity index (χ0) is 20.5. The van der Waals surface area contributed by atoms with Crippen molar-refractivity contribution in [2.45, 2.75) is 13.1 Å². The number of carbonyl (C=O) groups is 1. The molecule has 2 rings (SSSR count). The van der Waals surface area contributed by atoms with Crippen LogP contribution in [0, 0.1) is 22.0 Å². The van der Waals surface area contributed by atoms with Crippen molar-refractivity contribution in [1.82, 2.24) is 5.32 Å². The Morgan fingerprint density at radius 3 is 2.38 bits per heavy atom. The number of halogens is 5. The van der Waals surface area contributed by atoms with E-state index in [4.69, 9.17) is 4.74 Å².